The predicted molar refractivity (Wildman–Crippen MR) is 87.0 cm³/mol. The van der Waals surface area contributed by atoms with Gasteiger partial charge in [-0.1, -0.05) is 0 Å². The first-order valence-corrected chi connectivity index (χ1v) is 8.07. The van der Waals surface area contributed by atoms with Gasteiger partial charge < -0.3 is 25.0 Å². The Morgan fingerprint density at radius 3 is 2.73 bits per heavy atom. The molecule has 1 aliphatic heterocycles. The fourth-order valence-electron chi connectivity index (χ4n) is 2.38. The van der Waals surface area contributed by atoms with Crippen molar-refractivity contribution < 1.29 is 14.3 Å². The van der Waals surface area contributed by atoms with Crippen molar-refractivity contribution in [1.29, 1.82) is 0 Å². The second-order valence-electron chi connectivity index (χ2n) is 5.29. The number of amides is 1. The zero-order chi connectivity index (χ0) is 16.2. The molecule has 22 heavy (non-hydrogen) atoms. The van der Waals surface area contributed by atoms with Crippen molar-refractivity contribution in [2.75, 3.05) is 59.7 Å². The number of likely N-dealkylation sites (tertiary alicyclic amines) is 1. The third kappa shape index (κ3) is 7.09. The largest absolute Gasteiger partial charge is 0.382 e. The SMILES string of the molecule is CCNC(=O)CN=C(NCC)N1CCC(COCCOC)C1. The fraction of sp³-hybridized carbons (Fsp3) is 0.867. The van der Waals surface area contributed by atoms with Crippen LogP contribution >= 0.6 is 0 Å². The number of rotatable bonds is 9. The molecule has 7 nitrogen and oxygen atoms in total. The molecule has 1 atom stereocenters. The number of aliphatic imine (C=N–C) groups is 1. The Morgan fingerprint density at radius 2 is 2.05 bits per heavy atom. The van der Waals surface area contributed by atoms with Crippen LogP contribution in [0.2, 0.25) is 0 Å². The van der Waals surface area contributed by atoms with Gasteiger partial charge in [0.2, 0.25) is 5.91 Å². The second-order valence-corrected chi connectivity index (χ2v) is 5.29. The summed E-state index contributed by atoms with van der Waals surface area (Å²) >= 11 is 0. The summed E-state index contributed by atoms with van der Waals surface area (Å²) < 4.78 is 10.6. The number of hydrogen-bond acceptors (Lipinski definition) is 4. The highest BCUT2D eigenvalue weighted by Crippen LogP contribution is 2.16. The minimum Gasteiger partial charge on any atom is -0.382 e. The Morgan fingerprint density at radius 1 is 1.27 bits per heavy atom. The van der Waals surface area contributed by atoms with Crippen LogP contribution in [0, 0.1) is 5.92 Å². The van der Waals surface area contributed by atoms with E-state index < -0.39 is 0 Å². The molecule has 0 spiro atoms. The van der Waals surface area contributed by atoms with E-state index in [-0.39, 0.29) is 12.5 Å². The summed E-state index contributed by atoms with van der Waals surface area (Å²) in [6.07, 6.45) is 1.08. The molecule has 1 rings (SSSR count). The predicted octanol–water partition coefficient (Wildman–Crippen LogP) is 0.0729. The van der Waals surface area contributed by atoms with Gasteiger partial charge in [-0.2, -0.15) is 0 Å². The third-order valence-electron chi connectivity index (χ3n) is 3.45. The minimum absolute atomic E-state index is 0.0449. The van der Waals surface area contributed by atoms with Gasteiger partial charge >= 0.3 is 0 Å². The molecule has 0 aromatic rings. The van der Waals surface area contributed by atoms with Crippen LogP contribution in [0.1, 0.15) is 20.3 Å². The van der Waals surface area contributed by atoms with E-state index in [1.807, 2.05) is 13.8 Å². The van der Waals surface area contributed by atoms with Gasteiger partial charge in [0.15, 0.2) is 5.96 Å². The van der Waals surface area contributed by atoms with E-state index in [1.54, 1.807) is 7.11 Å². The van der Waals surface area contributed by atoms with Gasteiger partial charge in [0, 0.05) is 39.2 Å². The molecule has 1 unspecified atom stereocenters. The summed E-state index contributed by atoms with van der Waals surface area (Å²) in [4.78, 5) is 18.2. The van der Waals surface area contributed by atoms with Crippen LogP contribution in [0.5, 0.6) is 0 Å². The Labute approximate surface area is 133 Å². The highest BCUT2D eigenvalue weighted by Gasteiger charge is 2.25. The van der Waals surface area contributed by atoms with Gasteiger partial charge in [-0.15, -0.1) is 0 Å². The zero-order valence-electron chi connectivity index (χ0n) is 14.1. The Kier molecular flexibility index (Phi) is 9.57. The van der Waals surface area contributed by atoms with E-state index >= 15 is 0 Å². The lowest BCUT2D eigenvalue weighted by atomic mass is 10.1. The maximum Gasteiger partial charge on any atom is 0.241 e. The number of hydrogen-bond donors (Lipinski definition) is 2. The molecular weight excluding hydrogens is 284 g/mol. The van der Waals surface area contributed by atoms with Crippen LogP contribution in [-0.2, 0) is 14.3 Å². The molecule has 128 valence electrons. The van der Waals surface area contributed by atoms with Crippen LogP contribution in [0.4, 0.5) is 0 Å². The van der Waals surface area contributed by atoms with E-state index in [2.05, 4.69) is 20.5 Å². The van der Waals surface area contributed by atoms with E-state index in [0.717, 1.165) is 38.6 Å². The van der Waals surface area contributed by atoms with Gasteiger partial charge in [-0.05, 0) is 20.3 Å². The zero-order valence-corrected chi connectivity index (χ0v) is 14.1. The smallest absolute Gasteiger partial charge is 0.241 e. The van der Waals surface area contributed by atoms with E-state index in [4.69, 9.17) is 9.47 Å². The van der Waals surface area contributed by atoms with E-state index in [0.29, 0.717) is 25.7 Å². The number of guanidine groups is 1. The highest BCUT2D eigenvalue weighted by molar-refractivity contribution is 5.85. The monoisotopic (exact) mass is 314 g/mol. The van der Waals surface area contributed by atoms with Crippen molar-refractivity contribution >= 4 is 11.9 Å². The topological polar surface area (TPSA) is 75.2 Å². The van der Waals surface area contributed by atoms with Gasteiger partial charge in [0.25, 0.3) is 0 Å². The van der Waals surface area contributed by atoms with Crippen molar-refractivity contribution in [2.45, 2.75) is 20.3 Å². The van der Waals surface area contributed by atoms with Gasteiger partial charge in [0.1, 0.15) is 6.54 Å². The minimum atomic E-state index is -0.0449. The number of methoxy groups -OCH3 is 1. The van der Waals surface area contributed by atoms with Crippen molar-refractivity contribution in [3.63, 3.8) is 0 Å². The standard InChI is InChI=1S/C15H30N4O3/c1-4-16-14(20)10-18-15(17-5-2)19-7-6-13(11-19)12-22-9-8-21-3/h13H,4-12H2,1-3H3,(H,16,20)(H,17,18). The molecule has 2 N–H and O–H groups in total. The molecule has 0 bridgehead atoms. The quantitative estimate of drug-likeness (QED) is 0.358. The Hall–Kier alpha value is -1.34. The number of likely N-dealkylation sites (N-methyl/N-ethyl adjacent to an activating group) is 1. The average Bonchev–Trinajstić information content (AvgIpc) is 2.97. The van der Waals surface area contributed by atoms with Crippen LogP contribution in [0.15, 0.2) is 4.99 Å². The molecule has 0 aromatic carbocycles. The maximum absolute atomic E-state index is 11.5. The second kappa shape index (κ2) is 11.3. The van der Waals surface area contributed by atoms with Gasteiger partial charge in [-0.25, -0.2) is 4.99 Å². The van der Waals surface area contributed by atoms with E-state index in [1.165, 1.54) is 0 Å². The number of carbonyl (C=O) groups is 1. The third-order valence-corrected chi connectivity index (χ3v) is 3.45. The number of ether oxygens (including phenoxy) is 2. The Bertz CT molecular complexity index is 350. The first-order chi connectivity index (χ1) is 10.7. The lowest BCUT2D eigenvalue weighted by Gasteiger charge is -2.21. The lowest BCUT2D eigenvalue weighted by Crippen LogP contribution is -2.41. The van der Waals surface area contributed by atoms with Crippen LogP contribution in [-0.4, -0.2) is 76.4 Å². The molecule has 1 saturated heterocycles. The first-order valence-electron chi connectivity index (χ1n) is 8.07. The molecule has 0 aromatic heterocycles. The fourth-order valence-corrected chi connectivity index (χ4v) is 2.38. The van der Waals surface area contributed by atoms with Crippen molar-refractivity contribution in [3.8, 4) is 0 Å². The first kappa shape index (κ1) is 18.7. The summed E-state index contributed by atoms with van der Waals surface area (Å²) in [7, 11) is 1.68. The summed E-state index contributed by atoms with van der Waals surface area (Å²) in [5, 5.41) is 6.01. The maximum atomic E-state index is 11.5. The van der Waals surface area contributed by atoms with Crippen LogP contribution in [0.25, 0.3) is 0 Å². The summed E-state index contributed by atoms with van der Waals surface area (Å²) in [6.45, 7) is 9.40. The summed E-state index contributed by atoms with van der Waals surface area (Å²) in [6, 6.07) is 0. The molecule has 1 fully saturated rings. The molecular formula is C15H30N4O3. The van der Waals surface area contributed by atoms with Gasteiger partial charge in [-0.3, -0.25) is 4.79 Å². The molecule has 1 aliphatic rings. The lowest BCUT2D eigenvalue weighted by molar-refractivity contribution is -0.119. The number of nitrogens with zero attached hydrogens (tertiary/aromatic N) is 2. The Balaban J connectivity index is 2.41. The van der Waals surface area contributed by atoms with Crippen molar-refractivity contribution in [1.82, 2.24) is 15.5 Å². The normalized spacial score (nSPS) is 18.6. The average molecular weight is 314 g/mol. The molecule has 7 heteroatoms. The number of carbonyl (C=O) groups excluding carboxylic acids is 1. The molecule has 0 saturated carbocycles. The van der Waals surface area contributed by atoms with E-state index in [9.17, 15) is 4.79 Å². The highest BCUT2D eigenvalue weighted by atomic mass is 16.5. The van der Waals surface area contributed by atoms with Crippen molar-refractivity contribution in [2.24, 2.45) is 10.9 Å². The molecule has 1 heterocycles. The van der Waals surface area contributed by atoms with Gasteiger partial charge in [0.05, 0.1) is 19.8 Å². The van der Waals surface area contributed by atoms with Crippen molar-refractivity contribution in [3.05, 3.63) is 0 Å². The summed E-state index contributed by atoms with van der Waals surface area (Å²) in [5.41, 5.74) is 0. The number of nitrogens with one attached hydrogen (secondary N) is 2. The van der Waals surface area contributed by atoms with Crippen LogP contribution < -0.4 is 10.6 Å². The molecule has 0 radical (unpaired) electrons. The molecule has 0 aliphatic carbocycles. The van der Waals surface area contributed by atoms with Crippen LogP contribution in [0.3, 0.4) is 0 Å². The summed E-state index contributed by atoms with van der Waals surface area (Å²) in [5.74, 6) is 1.27. The molecule has 1 amide bonds.